The minimum absolute atomic E-state index is 0.346. The third-order valence-corrected chi connectivity index (χ3v) is 6.09. The van der Waals surface area contributed by atoms with Crippen molar-refractivity contribution in [3.05, 3.63) is 54.6 Å². The smallest absolute Gasteiger partial charge is 0.222 e. The molecule has 0 aromatic heterocycles. The zero-order chi connectivity index (χ0) is 22.0. The Bertz CT molecular complexity index is 630. The zero-order valence-electron chi connectivity index (χ0n) is 19.8. The molecule has 1 aliphatic heterocycles. The molecule has 0 bridgehead atoms. The molecule has 0 N–H and O–H groups in total. The molecule has 1 aromatic carbocycles. The topological polar surface area (TPSA) is 23.6 Å². The Morgan fingerprint density at radius 2 is 1.39 bits per heavy atom. The van der Waals surface area contributed by atoms with E-state index in [1.807, 2.05) is 0 Å². The molecule has 3 heteroatoms. The number of unbranched alkanes of at least 4 members (excludes halogenated alkanes) is 8. The number of amides is 1. The molecule has 172 valence electrons. The monoisotopic (exact) mass is 424 g/mol. The van der Waals surface area contributed by atoms with Gasteiger partial charge in [-0.25, -0.2) is 0 Å². The summed E-state index contributed by atoms with van der Waals surface area (Å²) in [5.74, 6) is 0.346. The number of nitrogens with zero attached hydrogens (tertiary/aromatic N) is 2. The molecule has 1 heterocycles. The van der Waals surface area contributed by atoms with E-state index in [1.165, 1.54) is 63.5 Å². The van der Waals surface area contributed by atoms with Crippen LogP contribution in [-0.2, 0) is 4.79 Å². The molecule has 1 aliphatic rings. The lowest BCUT2D eigenvalue weighted by Crippen LogP contribution is -2.48. The average molecular weight is 425 g/mol. The van der Waals surface area contributed by atoms with Gasteiger partial charge in [0.05, 0.1) is 0 Å². The van der Waals surface area contributed by atoms with Gasteiger partial charge in [0.2, 0.25) is 5.91 Å². The maximum atomic E-state index is 12.5. The Kier molecular flexibility index (Phi) is 13.5. The predicted molar refractivity (Wildman–Crippen MR) is 135 cm³/mol. The fraction of sp³-hybridized carbons (Fsp3) is 0.607. The van der Waals surface area contributed by atoms with Gasteiger partial charge in [0.1, 0.15) is 0 Å². The molecule has 3 nitrogen and oxygen atoms in total. The van der Waals surface area contributed by atoms with Gasteiger partial charge in [0.25, 0.3) is 0 Å². The minimum Gasteiger partial charge on any atom is -0.368 e. The second kappa shape index (κ2) is 16.6. The number of rotatable bonds is 15. The van der Waals surface area contributed by atoms with Crippen LogP contribution in [0.3, 0.4) is 0 Å². The molecule has 0 spiro atoms. The molecule has 2 rings (SSSR count). The molecule has 1 fully saturated rings. The maximum absolute atomic E-state index is 12.5. The van der Waals surface area contributed by atoms with Gasteiger partial charge in [-0.1, -0.05) is 81.5 Å². The van der Waals surface area contributed by atoms with Gasteiger partial charge >= 0.3 is 0 Å². The fourth-order valence-corrected chi connectivity index (χ4v) is 4.10. The summed E-state index contributed by atoms with van der Waals surface area (Å²) in [7, 11) is 0. The molecule has 1 saturated heterocycles. The molecular formula is C28H44N2O. The van der Waals surface area contributed by atoms with E-state index in [9.17, 15) is 4.79 Å². The molecule has 0 aliphatic carbocycles. The fourth-order valence-electron chi connectivity index (χ4n) is 4.10. The van der Waals surface area contributed by atoms with Gasteiger partial charge in [-0.15, -0.1) is 0 Å². The van der Waals surface area contributed by atoms with Crippen molar-refractivity contribution in [2.24, 2.45) is 0 Å². The van der Waals surface area contributed by atoms with E-state index >= 15 is 0 Å². The number of carbonyl (C=O) groups excluding carboxylic acids is 1. The Morgan fingerprint density at radius 1 is 0.774 bits per heavy atom. The Labute approximate surface area is 191 Å². The number of hydrogen-bond acceptors (Lipinski definition) is 2. The summed E-state index contributed by atoms with van der Waals surface area (Å²) >= 11 is 0. The van der Waals surface area contributed by atoms with Crippen LogP contribution in [0.25, 0.3) is 0 Å². The molecule has 0 unspecified atom stereocenters. The Morgan fingerprint density at radius 3 is 2.06 bits per heavy atom. The largest absolute Gasteiger partial charge is 0.368 e. The highest BCUT2D eigenvalue weighted by Crippen LogP contribution is 2.16. The van der Waals surface area contributed by atoms with E-state index in [2.05, 4.69) is 71.4 Å². The van der Waals surface area contributed by atoms with E-state index < -0.39 is 0 Å². The van der Waals surface area contributed by atoms with Crippen LogP contribution in [0.5, 0.6) is 0 Å². The van der Waals surface area contributed by atoms with Crippen molar-refractivity contribution in [3.63, 3.8) is 0 Å². The van der Waals surface area contributed by atoms with Crippen molar-refractivity contribution < 1.29 is 4.79 Å². The van der Waals surface area contributed by atoms with Crippen LogP contribution in [0.1, 0.15) is 84.0 Å². The van der Waals surface area contributed by atoms with Crippen molar-refractivity contribution >= 4 is 11.6 Å². The van der Waals surface area contributed by atoms with Gasteiger partial charge < -0.3 is 9.80 Å². The van der Waals surface area contributed by atoms with Crippen molar-refractivity contribution in [2.75, 3.05) is 31.1 Å². The highest BCUT2D eigenvalue weighted by molar-refractivity contribution is 5.76. The molecule has 0 saturated carbocycles. The van der Waals surface area contributed by atoms with Crippen molar-refractivity contribution in [1.29, 1.82) is 0 Å². The van der Waals surface area contributed by atoms with Crippen molar-refractivity contribution in [3.8, 4) is 0 Å². The lowest BCUT2D eigenvalue weighted by molar-refractivity contribution is -0.131. The predicted octanol–water partition coefficient (Wildman–Crippen LogP) is 7.15. The highest BCUT2D eigenvalue weighted by Gasteiger charge is 2.20. The SMILES string of the molecule is CCCCCC=CCC=CCCCCCCCC(=O)N1CCN(c2ccccc2)CC1. The first kappa shape index (κ1) is 25.2. The lowest BCUT2D eigenvalue weighted by atomic mass is 10.1. The summed E-state index contributed by atoms with van der Waals surface area (Å²) in [6.45, 7) is 5.85. The summed E-state index contributed by atoms with van der Waals surface area (Å²) < 4.78 is 0. The molecule has 1 amide bonds. The van der Waals surface area contributed by atoms with Gasteiger partial charge in [-0.2, -0.15) is 0 Å². The number of allylic oxidation sites excluding steroid dienone is 4. The van der Waals surface area contributed by atoms with Crippen LogP contribution in [0, 0.1) is 0 Å². The summed E-state index contributed by atoms with van der Waals surface area (Å²) in [5.41, 5.74) is 1.27. The third-order valence-electron chi connectivity index (χ3n) is 6.09. The lowest BCUT2D eigenvalue weighted by Gasteiger charge is -2.36. The molecular weight excluding hydrogens is 380 g/mol. The first-order chi connectivity index (χ1) is 15.3. The van der Waals surface area contributed by atoms with E-state index in [-0.39, 0.29) is 0 Å². The Hall–Kier alpha value is -2.03. The summed E-state index contributed by atoms with van der Waals surface area (Å²) in [6.07, 6.45) is 23.5. The summed E-state index contributed by atoms with van der Waals surface area (Å²) in [5, 5.41) is 0. The number of anilines is 1. The number of carbonyl (C=O) groups is 1. The first-order valence-electron chi connectivity index (χ1n) is 12.7. The second-order valence-electron chi connectivity index (χ2n) is 8.68. The highest BCUT2D eigenvalue weighted by atomic mass is 16.2. The molecule has 0 radical (unpaired) electrons. The normalized spacial score (nSPS) is 14.7. The van der Waals surface area contributed by atoms with Crippen LogP contribution in [-0.4, -0.2) is 37.0 Å². The van der Waals surface area contributed by atoms with Crippen LogP contribution in [0.15, 0.2) is 54.6 Å². The van der Waals surface area contributed by atoms with E-state index in [0.29, 0.717) is 5.91 Å². The number of hydrogen-bond donors (Lipinski definition) is 0. The standard InChI is InChI=1S/C28H44N2O/c1-2-3-4-5-6-7-8-9-10-11-12-13-14-15-19-22-28(31)30-25-23-29(24-26-30)27-20-17-16-18-21-27/h6-7,9-10,16-18,20-21H,2-5,8,11-15,19,22-26H2,1H3. The maximum Gasteiger partial charge on any atom is 0.222 e. The van der Waals surface area contributed by atoms with Crippen molar-refractivity contribution in [2.45, 2.75) is 84.0 Å². The van der Waals surface area contributed by atoms with E-state index in [0.717, 1.165) is 45.4 Å². The quantitative estimate of drug-likeness (QED) is 0.220. The second-order valence-corrected chi connectivity index (χ2v) is 8.68. The average Bonchev–Trinajstić information content (AvgIpc) is 2.82. The molecule has 0 atom stereocenters. The van der Waals surface area contributed by atoms with Gasteiger partial charge in [-0.3, -0.25) is 4.79 Å². The van der Waals surface area contributed by atoms with Crippen LogP contribution in [0.2, 0.25) is 0 Å². The molecule has 1 aromatic rings. The van der Waals surface area contributed by atoms with E-state index in [4.69, 9.17) is 0 Å². The summed E-state index contributed by atoms with van der Waals surface area (Å²) in [6, 6.07) is 10.5. The van der Waals surface area contributed by atoms with Gasteiger partial charge in [0, 0.05) is 38.3 Å². The van der Waals surface area contributed by atoms with Crippen LogP contribution >= 0.6 is 0 Å². The minimum atomic E-state index is 0.346. The molecule has 31 heavy (non-hydrogen) atoms. The van der Waals surface area contributed by atoms with Crippen LogP contribution < -0.4 is 4.90 Å². The van der Waals surface area contributed by atoms with Gasteiger partial charge in [-0.05, 0) is 50.7 Å². The van der Waals surface area contributed by atoms with Gasteiger partial charge in [0.15, 0.2) is 0 Å². The zero-order valence-corrected chi connectivity index (χ0v) is 19.8. The summed E-state index contributed by atoms with van der Waals surface area (Å²) in [4.78, 5) is 16.9. The Balaban J connectivity index is 1.41. The first-order valence-corrected chi connectivity index (χ1v) is 12.7. The third kappa shape index (κ3) is 11.2. The van der Waals surface area contributed by atoms with E-state index in [1.54, 1.807) is 0 Å². The van der Waals surface area contributed by atoms with Crippen LogP contribution in [0.4, 0.5) is 5.69 Å². The number of para-hydroxylation sites is 1. The number of piperazine rings is 1. The number of benzene rings is 1. The van der Waals surface area contributed by atoms with Crippen molar-refractivity contribution in [1.82, 2.24) is 4.90 Å².